The van der Waals surface area contributed by atoms with Gasteiger partial charge in [-0.1, -0.05) is 35.3 Å². The molecule has 2 nitrogen and oxygen atoms in total. The minimum Gasteiger partial charge on any atom is -0.380 e. The maximum absolute atomic E-state index is 9.04. The van der Waals surface area contributed by atoms with Crippen molar-refractivity contribution < 1.29 is 0 Å². The standard InChI is InChI=1S/C15H12Cl2N2/c1-10-2-3-12(14(17)6-10)9-19-15-7-13(16)5-4-11(15)8-18/h2-7,19H,9H2,1H3. The normalized spacial score (nSPS) is 10.0. The van der Waals surface area contributed by atoms with Gasteiger partial charge in [-0.15, -0.1) is 0 Å². The molecule has 0 aromatic heterocycles. The lowest BCUT2D eigenvalue weighted by atomic mass is 10.1. The average Bonchev–Trinajstić information content (AvgIpc) is 2.38. The molecule has 96 valence electrons. The van der Waals surface area contributed by atoms with Crippen LogP contribution >= 0.6 is 23.2 Å². The third kappa shape index (κ3) is 3.41. The maximum atomic E-state index is 9.04. The van der Waals surface area contributed by atoms with Crippen molar-refractivity contribution in [3.63, 3.8) is 0 Å². The van der Waals surface area contributed by atoms with Crippen molar-refractivity contribution in [1.29, 1.82) is 5.26 Å². The quantitative estimate of drug-likeness (QED) is 0.882. The van der Waals surface area contributed by atoms with E-state index in [4.69, 9.17) is 28.5 Å². The van der Waals surface area contributed by atoms with Crippen LogP contribution in [-0.2, 0) is 6.54 Å². The summed E-state index contributed by atoms with van der Waals surface area (Å²) in [7, 11) is 0. The molecule has 0 aliphatic rings. The number of nitrogens with one attached hydrogen (secondary N) is 1. The van der Waals surface area contributed by atoms with Gasteiger partial charge in [-0.25, -0.2) is 0 Å². The van der Waals surface area contributed by atoms with Crippen LogP contribution in [0.25, 0.3) is 0 Å². The highest BCUT2D eigenvalue weighted by molar-refractivity contribution is 6.31. The lowest BCUT2D eigenvalue weighted by Gasteiger charge is -2.10. The number of hydrogen-bond donors (Lipinski definition) is 1. The first-order valence-electron chi connectivity index (χ1n) is 5.78. The van der Waals surface area contributed by atoms with Gasteiger partial charge < -0.3 is 5.32 Å². The van der Waals surface area contributed by atoms with Gasteiger partial charge >= 0.3 is 0 Å². The number of halogens is 2. The Hall–Kier alpha value is -1.69. The fourth-order valence-corrected chi connectivity index (χ4v) is 2.22. The third-order valence-electron chi connectivity index (χ3n) is 2.78. The first-order valence-corrected chi connectivity index (χ1v) is 6.54. The number of rotatable bonds is 3. The van der Waals surface area contributed by atoms with Crippen LogP contribution in [0.4, 0.5) is 5.69 Å². The number of anilines is 1. The SMILES string of the molecule is Cc1ccc(CNc2cc(Cl)ccc2C#N)c(Cl)c1. The van der Waals surface area contributed by atoms with Crippen molar-refractivity contribution in [2.45, 2.75) is 13.5 Å². The van der Waals surface area contributed by atoms with Gasteiger partial charge in [0, 0.05) is 16.6 Å². The van der Waals surface area contributed by atoms with Gasteiger partial charge in [0.2, 0.25) is 0 Å². The van der Waals surface area contributed by atoms with Crippen LogP contribution in [0.5, 0.6) is 0 Å². The Labute approximate surface area is 122 Å². The summed E-state index contributed by atoms with van der Waals surface area (Å²) in [5, 5.41) is 13.5. The third-order valence-corrected chi connectivity index (χ3v) is 3.37. The van der Waals surface area contributed by atoms with Crippen molar-refractivity contribution in [1.82, 2.24) is 0 Å². The molecule has 0 heterocycles. The topological polar surface area (TPSA) is 35.8 Å². The molecule has 0 amide bonds. The van der Waals surface area contributed by atoms with Crippen molar-refractivity contribution in [2.75, 3.05) is 5.32 Å². The number of aryl methyl sites for hydroxylation is 1. The van der Waals surface area contributed by atoms with Gasteiger partial charge in [0.05, 0.1) is 11.3 Å². The van der Waals surface area contributed by atoms with E-state index in [2.05, 4.69) is 11.4 Å². The number of hydrogen-bond acceptors (Lipinski definition) is 2. The molecule has 0 radical (unpaired) electrons. The molecule has 0 aliphatic heterocycles. The van der Waals surface area contributed by atoms with Crippen LogP contribution in [0.3, 0.4) is 0 Å². The second-order valence-electron chi connectivity index (χ2n) is 4.25. The summed E-state index contributed by atoms with van der Waals surface area (Å²) in [4.78, 5) is 0. The summed E-state index contributed by atoms with van der Waals surface area (Å²) in [6, 6.07) is 13.2. The van der Waals surface area contributed by atoms with Crippen LogP contribution in [0, 0.1) is 18.3 Å². The summed E-state index contributed by atoms with van der Waals surface area (Å²) in [5.41, 5.74) is 3.38. The summed E-state index contributed by atoms with van der Waals surface area (Å²) < 4.78 is 0. The molecule has 0 atom stereocenters. The molecule has 2 rings (SSSR count). The number of nitriles is 1. The fraction of sp³-hybridized carbons (Fsp3) is 0.133. The largest absolute Gasteiger partial charge is 0.380 e. The molecule has 19 heavy (non-hydrogen) atoms. The first kappa shape index (κ1) is 13.7. The molecule has 0 bridgehead atoms. The molecule has 0 fully saturated rings. The minimum absolute atomic E-state index is 0.550. The van der Waals surface area contributed by atoms with E-state index < -0.39 is 0 Å². The van der Waals surface area contributed by atoms with Crippen LogP contribution in [0.1, 0.15) is 16.7 Å². The van der Waals surface area contributed by atoms with E-state index in [0.29, 0.717) is 27.8 Å². The zero-order chi connectivity index (χ0) is 13.8. The van der Waals surface area contributed by atoms with Gasteiger partial charge in [-0.05, 0) is 42.3 Å². The van der Waals surface area contributed by atoms with Crippen molar-refractivity contribution in [2.24, 2.45) is 0 Å². The highest BCUT2D eigenvalue weighted by atomic mass is 35.5. The Bertz CT molecular complexity index is 645. The van der Waals surface area contributed by atoms with Gasteiger partial charge in [0.1, 0.15) is 6.07 Å². The Kier molecular flexibility index (Phi) is 4.31. The average molecular weight is 291 g/mol. The van der Waals surface area contributed by atoms with Crippen LogP contribution in [-0.4, -0.2) is 0 Å². The highest BCUT2D eigenvalue weighted by Crippen LogP contribution is 2.23. The van der Waals surface area contributed by atoms with E-state index in [1.807, 2.05) is 25.1 Å². The van der Waals surface area contributed by atoms with Crippen molar-refractivity contribution >= 4 is 28.9 Å². The van der Waals surface area contributed by atoms with Crippen LogP contribution in [0.2, 0.25) is 10.0 Å². The second-order valence-corrected chi connectivity index (χ2v) is 5.09. The van der Waals surface area contributed by atoms with Crippen molar-refractivity contribution in [3.05, 3.63) is 63.1 Å². The minimum atomic E-state index is 0.550. The molecule has 1 N–H and O–H groups in total. The monoisotopic (exact) mass is 290 g/mol. The van der Waals surface area contributed by atoms with E-state index in [9.17, 15) is 0 Å². The predicted molar refractivity (Wildman–Crippen MR) is 79.7 cm³/mol. The Morgan fingerprint density at radius 1 is 1.16 bits per heavy atom. The molecule has 0 unspecified atom stereocenters. The molecule has 0 spiro atoms. The molecule has 0 saturated carbocycles. The molecule has 0 saturated heterocycles. The molecular weight excluding hydrogens is 279 g/mol. The van der Waals surface area contributed by atoms with Gasteiger partial charge in [-0.3, -0.25) is 0 Å². The molecule has 0 aliphatic carbocycles. The van der Waals surface area contributed by atoms with Gasteiger partial charge in [0.25, 0.3) is 0 Å². The number of benzene rings is 2. The van der Waals surface area contributed by atoms with E-state index in [-0.39, 0.29) is 0 Å². The molecule has 2 aromatic carbocycles. The van der Waals surface area contributed by atoms with Gasteiger partial charge in [-0.2, -0.15) is 5.26 Å². The zero-order valence-electron chi connectivity index (χ0n) is 10.4. The number of nitrogens with zero attached hydrogens (tertiary/aromatic N) is 1. The lowest BCUT2D eigenvalue weighted by molar-refractivity contribution is 1.14. The van der Waals surface area contributed by atoms with Crippen LogP contribution < -0.4 is 5.32 Å². The first-order chi connectivity index (χ1) is 9.10. The zero-order valence-corrected chi connectivity index (χ0v) is 11.9. The van der Waals surface area contributed by atoms with E-state index in [1.54, 1.807) is 18.2 Å². The second kappa shape index (κ2) is 5.97. The Morgan fingerprint density at radius 3 is 2.63 bits per heavy atom. The van der Waals surface area contributed by atoms with E-state index in [1.165, 1.54) is 0 Å². The molecule has 2 aromatic rings. The summed E-state index contributed by atoms with van der Waals surface area (Å²) in [6.45, 7) is 2.54. The molecule has 4 heteroatoms. The highest BCUT2D eigenvalue weighted by Gasteiger charge is 2.05. The van der Waals surface area contributed by atoms with Crippen molar-refractivity contribution in [3.8, 4) is 6.07 Å². The molecular formula is C15H12Cl2N2. The fourth-order valence-electron chi connectivity index (χ4n) is 1.75. The Balaban J connectivity index is 2.19. The van der Waals surface area contributed by atoms with Crippen LogP contribution in [0.15, 0.2) is 36.4 Å². The smallest absolute Gasteiger partial charge is 0.101 e. The Morgan fingerprint density at radius 2 is 1.95 bits per heavy atom. The maximum Gasteiger partial charge on any atom is 0.101 e. The van der Waals surface area contributed by atoms with E-state index in [0.717, 1.165) is 11.1 Å². The van der Waals surface area contributed by atoms with Gasteiger partial charge in [0.15, 0.2) is 0 Å². The van der Waals surface area contributed by atoms with E-state index >= 15 is 0 Å². The lowest BCUT2D eigenvalue weighted by Crippen LogP contribution is -2.02. The summed E-state index contributed by atoms with van der Waals surface area (Å²) in [5.74, 6) is 0. The predicted octanol–water partition coefficient (Wildman–Crippen LogP) is 4.79. The summed E-state index contributed by atoms with van der Waals surface area (Å²) in [6.07, 6.45) is 0. The summed E-state index contributed by atoms with van der Waals surface area (Å²) >= 11 is 12.1.